The Kier molecular flexibility index (Phi) is 3.99. The average molecular weight is 274 g/mol. The lowest BCUT2D eigenvalue weighted by Crippen LogP contribution is -2.45. The summed E-state index contributed by atoms with van der Waals surface area (Å²) in [6.45, 7) is 3.56. The Morgan fingerprint density at radius 3 is 2.90 bits per heavy atom. The number of fused-ring (bicyclic) bond motifs is 1. The van der Waals surface area contributed by atoms with Crippen LogP contribution < -0.4 is 10.5 Å². The summed E-state index contributed by atoms with van der Waals surface area (Å²) in [5.74, 6) is 0.920. The highest BCUT2D eigenvalue weighted by Gasteiger charge is 2.36. The van der Waals surface area contributed by atoms with E-state index in [4.69, 9.17) is 10.5 Å². The van der Waals surface area contributed by atoms with Gasteiger partial charge in [-0.15, -0.1) is 0 Å². The van der Waals surface area contributed by atoms with Crippen LogP contribution >= 0.6 is 0 Å². The van der Waals surface area contributed by atoms with E-state index in [1.807, 2.05) is 0 Å². The number of hydrogen-bond donors (Lipinski definition) is 1. The molecule has 1 aliphatic heterocycles. The molecule has 1 fully saturated rings. The maximum absolute atomic E-state index is 6.56. The Labute approximate surface area is 122 Å². The van der Waals surface area contributed by atoms with Gasteiger partial charge < -0.3 is 10.5 Å². The number of methoxy groups -OCH3 is 1. The molecule has 110 valence electrons. The second-order valence-corrected chi connectivity index (χ2v) is 6.30. The van der Waals surface area contributed by atoms with E-state index in [1.54, 1.807) is 7.11 Å². The molecular weight excluding hydrogens is 248 g/mol. The van der Waals surface area contributed by atoms with Crippen LogP contribution in [0.4, 0.5) is 0 Å². The molecule has 0 saturated carbocycles. The van der Waals surface area contributed by atoms with Gasteiger partial charge in [-0.1, -0.05) is 18.9 Å². The molecule has 1 saturated heterocycles. The molecule has 2 N–H and O–H groups in total. The van der Waals surface area contributed by atoms with Gasteiger partial charge in [0.1, 0.15) is 5.75 Å². The van der Waals surface area contributed by atoms with Gasteiger partial charge >= 0.3 is 0 Å². The van der Waals surface area contributed by atoms with Crippen LogP contribution in [0.5, 0.6) is 5.75 Å². The summed E-state index contributed by atoms with van der Waals surface area (Å²) in [6.07, 6.45) is 6.44. The zero-order valence-electron chi connectivity index (χ0n) is 12.6. The van der Waals surface area contributed by atoms with Crippen LogP contribution in [0.25, 0.3) is 0 Å². The highest BCUT2D eigenvalue weighted by molar-refractivity contribution is 5.42. The van der Waals surface area contributed by atoms with Crippen molar-refractivity contribution < 1.29 is 4.74 Å². The first-order valence-corrected chi connectivity index (χ1v) is 7.89. The fraction of sp³-hybridized carbons (Fsp3) is 0.647. The maximum Gasteiger partial charge on any atom is 0.119 e. The van der Waals surface area contributed by atoms with E-state index in [0.717, 1.165) is 12.2 Å². The van der Waals surface area contributed by atoms with Crippen LogP contribution in [0.2, 0.25) is 0 Å². The van der Waals surface area contributed by atoms with Gasteiger partial charge in [0.15, 0.2) is 0 Å². The van der Waals surface area contributed by atoms with Crippen molar-refractivity contribution in [1.82, 2.24) is 4.90 Å². The van der Waals surface area contributed by atoms with Gasteiger partial charge in [0, 0.05) is 18.1 Å². The number of ether oxygens (including phenoxy) is 1. The van der Waals surface area contributed by atoms with Gasteiger partial charge in [0.25, 0.3) is 0 Å². The number of hydrogen-bond acceptors (Lipinski definition) is 3. The van der Waals surface area contributed by atoms with Crippen molar-refractivity contribution in [3.05, 3.63) is 29.3 Å². The average Bonchev–Trinajstić information content (AvgIpc) is 2.64. The normalized spacial score (nSPS) is 30.9. The summed E-state index contributed by atoms with van der Waals surface area (Å²) in [6, 6.07) is 7.62. The molecule has 1 aliphatic carbocycles. The minimum Gasteiger partial charge on any atom is -0.497 e. The third-order valence-electron chi connectivity index (χ3n) is 5.09. The third-order valence-corrected chi connectivity index (χ3v) is 5.09. The first-order valence-electron chi connectivity index (χ1n) is 7.89. The Morgan fingerprint density at radius 2 is 2.10 bits per heavy atom. The molecule has 2 aliphatic rings. The van der Waals surface area contributed by atoms with Gasteiger partial charge in [0.2, 0.25) is 0 Å². The van der Waals surface area contributed by atoms with E-state index in [2.05, 4.69) is 30.0 Å². The van der Waals surface area contributed by atoms with E-state index in [0.29, 0.717) is 12.1 Å². The van der Waals surface area contributed by atoms with Crippen molar-refractivity contribution in [3.63, 3.8) is 0 Å². The van der Waals surface area contributed by atoms with Crippen molar-refractivity contribution in [2.75, 3.05) is 13.7 Å². The molecule has 3 rings (SSSR count). The molecule has 0 aromatic heterocycles. The van der Waals surface area contributed by atoms with Crippen LogP contribution in [0, 0.1) is 0 Å². The van der Waals surface area contributed by atoms with E-state index in [-0.39, 0.29) is 6.04 Å². The summed E-state index contributed by atoms with van der Waals surface area (Å²) in [4.78, 5) is 2.66. The molecule has 0 spiro atoms. The van der Waals surface area contributed by atoms with E-state index < -0.39 is 0 Å². The highest BCUT2D eigenvalue weighted by Crippen LogP contribution is 2.37. The first kappa shape index (κ1) is 13.9. The Morgan fingerprint density at radius 1 is 1.25 bits per heavy atom. The minimum absolute atomic E-state index is 0.126. The molecule has 20 heavy (non-hydrogen) atoms. The van der Waals surface area contributed by atoms with Crippen LogP contribution in [0.15, 0.2) is 18.2 Å². The number of benzene rings is 1. The quantitative estimate of drug-likeness (QED) is 0.901. The number of likely N-dealkylation sites (tertiary alicyclic amines) is 1. The maximum atomic E-state index is 6.56. The molecule has 0 radical (unpaired) electrons. The second-order valence-electron chi connectivity index (χ2n) is 6.30. The van der Waals surface area contributed by atoms with Gasteiger partial charge in [-0.3, -0.25) is 4.90 Å². The zero-order valence-corrected chi connectivity index (χ0v) is 12.6. The van der Waals surface area contributed by atoms with E-state index in [1.165, 1.54) is 43.4 Å². The van der Waals surface area contributed by atoms with Crippen molar-refractivity contribution in [3.8, 4) is 5.75 Å². The molecule has 1 aromatic rings. The van der Waals surface area contributed by atoms with Crippen molar-refractivity contribution in [2.45, 2.75) is 57.2 Å². The standard InChI is InChI=1S/C17H26N2O/c1-12-6-4-3-5-9-19(12)16-10-13-7-8-14(20-2)11-15(13)17(16)18/h7-8,11-12,16-17H,3-6,9-10,18H2,1-2H3. The molecule has 3 nitrogen and oxygen atoms in total. The predicted molar refractivity (Wildman–Crippen MR) is 82.1 cm³/mol. The summed E-state index contributed by atoms with van der Waals surface area (Å²) in [5.41, 5.74) is 9.25. The van der Waals surface area contributed by atoms with Crippen LogP contribution in [-0.2, 0) is 6.42 Å². The monoisotopic (exact) mass is 274 g/mol. The van der Waals surface area contributed by atoms with Crippen molar-refractivity contribution >= 4 is 0 Å². The first-order chi connectivity index (χ1) is 9.70. The molecule has 1 heterocycles. The van der Waals surface area contributed by atoms with Crippen LogP contribution in [0.3, 0.4) is 0 Å². The molecule has 0 amide bonds. The van der Waals surface area contributed by atoms with E-state index in [9.17, 15) is 0 Å². The molecule has 3 heteroatoms. The summed E-state index contributed by atoms with van der Waals surface area (Å²) >= 11 is 0. The SMILES string of the molecule is COc1ccc2c(c1)C(N)C(N1CCCCCC1C)C2. The highest BCUT2D eigenvalue weighted by atomic mass is 16.5. The molecule has 3 unspecified atom stereocenters. The predicted octanol–water partition coefficient (Wildman–Crippen LogP) is 2.88. The fourth-order valence-corrected chi connectivity index (χ4v) is 3.87. The number of nitrogens with two attached hydrogens (primary N) is 1. The Bertz CT molecular complexity index is 474. The smallest absolute Gasteiger partial charge is 0.119 e. The number of nitrogens with zero attached hydrogens (tertiary/aromatic N) is 1. The molecule has 0 bridgehead atoms. The number of rotatable bonds is 2. The summed E-state index contributed by atoms with van der Waals surface area (Å²) < 4.78 is 5.34. The van der Waals surface area contributed by atoms with Crippen molar-refractivity contribution in [2.24, 2.45) is 5.73 Å². The van der Waals surface area contributed by atoms with Crippen molar-refractivity contribution in [1.29, 1.82) is 0 Å². The van der Waals surface area contributed by atoms with E-state index >= 15 is 0 Å². The fourth-order valence-electron chi connectivity index (χ4n) is 3.87. The van der Waals surface area contributed by atoms with Crippen LogP contribution in [-0.4, -0.2) is 30.6 Å². The Balaban J connectivity index is 1.83. The van der Waals surface area contributed by atoms with Crippen LogP contribution in [0.1, 0.15) is 49.8 Å². The third kappa shape index (κ3) is 2.45. The molecule has 3 atom stereocenters. The lowest BCUT2D eigenvalue weighted by Gasteiger charge is -2.35. The summed E-state index contributed by atoms with van der Waals surface area (Å²) in [5, 5.41) is 0. The summed E-state index contributed by atoms with van der Waals surface area (Å²) in [7, 11) is 1.72. The zero-order chi connectivity index (χ0) is 14.1. The Hall–Kier alpha value is -1.06. The second kappa shape index (κ2) is 5.74. The van der Waals surface area contributed by atoms with Gasteiger partial charge in [0.05, 0.1) is 7.11 Å². The molecular formula is C17H26N2O. The lowest BCUT2D eigenvalue weighted by molar-refractivity contribution is 0.134. The lowest BCUT2D eigenvalue weighted by atomic mass is 10.0. The van der Waals surface area contributed by atoms with Gasteiger partial charge in [-0.05, 0) is 56.0 Å². The minimum atomic E-state index is 0.126. The largest absolute Gasteiger partial charge is 0.497 e. The molecule has 1 aromatic carbocycles. The van der Waals surface area contributed by atoms with Gasteiger partial charge in [-0.25, -0.2) is 0 Å². The van der Waals surface area contributed by atoms with Gasteiger partial charge in [-0.2, -0.15) is 0 Å². The topological polar surface area (TPSA) is 38.5 Å².